The molecule has 3 N–H and O–H groups in total. The second kappa shape index (κ2) is 37.2. The first kappa shape index (κ1) is 47.1. The predicted molar refractivity (Wildman–Crippen MR) is 191 cm³/mol. The summed E-state index contributed by atoms with van der Waals surface area (Å²) < 4.78 is 10.4. The molecule has 1 aromatic rings. The first-order chi connectivity index (χ1) is 20.6. The summed E-state index contributed by atoms with van der Waals surface area (Å²) in [5, 5.41) is 8.61. The molecule has 252 valence electrons. The van der Waals surface area contributed by atoms with Gasteiger partial charge in [-0.25, -0.2) is 0 Å². The van der Waals surface area contributed by atoms with Crippen LogP contribution in [-0.2, 0) is 9.53 Å². The molecule has 8 nitrogen and oxygen atoms in total. The third kappa shape index (κ3) is 31.9. The Morgan fingerprint density at radius 2 is 1.70 bits per heavy atom. The van der Waals surface area contributed by atoms with E-state index in [1.807, 2.05) is 73.0 Å². The summed E-state index contributed by atoms with van der Waals surface area (Å²) in [5.41, 5.74) is 4.38. The van der Waals surface area contributed by atoms with E-state index in [2.05, 4.69) is 77.9 Å². The van der Waals surface area contributed by atoms with E-state index in [1.54, 1.807) is 13.2 Å². The molecule has 0 saturated heterocycles. The van der Waals surface area contributed by atoms with Gasteiger partial charge in [-0.2, -0.15) is 0 Å². The second-order valence-electron chi connectivity index (χ2n) is 9.22. The van der Waals surface area contributed by atoms with E-state index in [0.29, 0.717) is 19.6 Å². The van der Waals surface area contributed by atoms with Crippen LogP contribution in [0.25, 0.3) is 0 Å². The number of ether oxygens (including phenoxy) is 2. The van der Waals surface area contributed by atoms with Crippen molar-refractivity contribution in [3.63, 3.8) is 0 Å². The normalized spacial score (nSPS) is 10.3. The third-order valence-corrected chi connectivity index (χ3v) is 6.08. The van der Waals surface area contributed by atoms with Gasteiger partial charge in [0.05, 0.1) is 13.2 Å². The predicted octanol–water partition coefficient (Wildman–Crippen LogP) is 7.10. The average molecular weight is 608 g/mol. The van der Waals surface area contributed by atoms with Gasteiger partial charge in [-0.05, 0) is 72.3 Å². The van der Waals surface area contributed by atoms with Crippen LogP contribution in [0.2, 0.25) is 0 Å². The van der Waals surface area contributed by atoms with Crippen LogP contribution in [0.4, 0.5) is 5.69 Å². The van der Waals surface area contributed by atoms with Crippen molar-refractivity contribution < 1.29 is 14.3 Å². The molecule has 0 aromatic heterocycles. The fraction of sp³-hybridized carbons (Fsp3) is 0.629. The summed E-state index contributed by atoms with van der Waals surface area (Å²) in [6.45, 7) is 28.6. The van der Waals surface area contributed by atoms with Crippen LogP contribution in [0.15, 0.2) is 54.4 Å². The van der Waals surface area contributed by atoms with E-state index in [-0.39, 0.29) is 0 Å². The fourth-order valence-corrected chi connectivity index (χ4v) is 3.00. The number of nitrogens with zero attached hydrogens (tertiary/aromatic N) is 2. The van der Waals surface area contributed by atoms with E-state index >= 15 is 0 Å². The van der Waals surface area contributed by atoms with Crippen LogP contribution in [-0.4, -0.2) is 90.4 Å². The van der Waals surface area contributed by atoms with Crippen LogP contribution >= 0.6 is 0 Å². The van der Waals surface area contributed by atoms with Crippen LogP contribution in [0.3, 0.4) is 0 Å². The van der Waals surface area contributed by atoms with Gasteiger partial charge in [0.2, 0.25) is 6.41 Å². The molecule has 43 heavy (non-hydrogen) atoms. The third-order valence-electron chi connectivity index (χ3n) is 6.08. The highest BCUT2D eigenvalue weighted by Gasteiger charge is 2.06. The minimum absolute atomic E-state index is 0.653. The number of hydrogen-bond acceptors (Lipinski definition) is 7. The summed E-state index contributed by atoms with van der Waals surface area (Å²) in [5.74, 6) is 0.794. The minimum Gasteiger partial charge on any atom is -0.493 e. The molecule has 0 bridgehead atoms. The molecule has 8 heteroatoms. The van der Waals surface area contributed by atoms with Gasteiger partial charge in [0.15, 0.2) is 0 Å². The zero-order valence-electron chi connectivity index (χ0n) is 30.2. The van der Waals surface area contributed by atoms with E-state index in [1.165, 1.54) is 11.4 Å². The molecule has 0 saturated carbocycles. The Morgan fingerprint density at radius 1 is 1.07 bits per heavy atom. The zero-order chi connectivity index (χ0) is 33.9. The summed E-state index contributed by atoms with van der Waals surface area (Å²) in [6, 6.07) is 5.78. The molecule has 0 fully saturated rings. The van der Waals surface area contributed by atoms with Crippen LogP contribution in [0, 0.1) is 6.92 Å². The summed E-state index contributed by atoms with van der Waals surface area (Å²) in [4.78, 5) is 15.4. The van der Waals surface area contributed by atoms with Crippen molar-refractivity contribution in [1.82, 2.24) is 20.4 Å². The molecule has 0 aliphatic carbocycles. The monoisotopic (exact) mass is 608 g/mol. The van der Waals surface area contributed by atoms with Crippen molar-refractivity contribution in [2.75, 3.05) is 79.5 Å². The number of carbonyl (C=O) groups is 1. The van der Waals surface area contributed by atoms with Gasteiger partial charge in [0.25, 0.3) is 0 Å². The van der Waals surface area contributed by atoms with Crippen molar-refractivity contribution in [3.8, 4) is 5.75 Å². The Morgan fingerprint density at radius 3 is 2.09 bits per heavy atom. The SMILES string of the molecule is C/C=C(\C)NC.C=CCOC.CC.CC/C=C(\C)N(C)CCN(CC)CCCOc1ccc(C)c(NC=O)c1.CCNC. The number of likely N-dealkylation sites (N-methyl/N-ethyl adjacent to an activating group) is 2. The molecule has 1 amide bonds. The standard InChI is InChI=1S/C21H35N3O2.C5H11N.C4H8O.C3H9N.C2H6/c1-6-9-19(4)23(5)13-14-24(7-2)12-8-15-26-20-11-10-18(3)21(16-20)22-17-25;1-4-5(2)6-3;1-3-4-5-2;1-3-4-2;1-2/h9-11,16-17H,6-8,12-15H2,1-5H3,(H,22,25);4,6H,1-3H3;3H,1,4H2,2H3;4H,3H2,1-2H3;1-2H3/b19-9+;5-4+;;;. The Hall–Kier alpha value is -2.81. The van der Waals surface area contributed by atoms with Crippen molar-refractivity contribution in [3.05, 3.63) is 60.0 Å². The number of rotatable bonds is 17. The van der Waals surface area contributed by atoms with E-state index in [4.69, 9.17) is 4.74 Å². The summed E-state index contributed by atoms with van der Waals surface area (Å²) in [7, 11) is 7.64. The van der Waals surface area contributed by atoms with Crippen molar-refractivity contribution in [2.45, 2.75) is 75.2 Å². The fourth-order valence-electron chi connectivity index (χ4n) is 3.00. The lowest BCUT2D eigenvalue weighted by molar-refractivity contribution is -0.105. The molecule has 0 heterocycles. The highest BCUT2D eigenvalue weighted by atomic mass is 16.5. The molecule has 0 unspecified atom stereocenters. The molecule has 0 radical (unpaired) electrons. The van der Waals surface area contributed by atoms with E-state index < -0.39 is 0 Å². The Kier molecular flexibility index (Phi) is 40.8. The number of nitrogens with one attached hydrogen (secondary N) is 3. The molecule has 0 atom stereocenters. The maximum absolute atomic E-state index is 10.6. The van der Waals surface area contributed by atoms with Crippen molar-refractivity contribution >= 4 is 12.1 Å². The smallest absolute Gasteiger partial charge is 0.211 e. The number of anilines is 1. The van der Waals surface area contributed by atoms with Gasteiger partial charge < -0.3 is 35.2 Å². The maximum Gasteiger partial charge on any atom is 0.211 e. The highest BCUT2D eigenvalue weighted by Crippen LogP contribution is 2.21. The van der Waals surface area contributed by atoms with Crippen LogP contribution < -0.4 is 20.7 Å². The van der Waals surface area contributed by atoms with Gasteiger partial charge >= 0.3 is 0 Å². The van der Waals surface area contributed by atoms with Crippen molar-refractivity contribution in [1.29, 1.82) is 0 Å². The van der Waals surface area contributed by atoms with Gasteiger partial charge in [0, 0.05) is 64.0 Å². The topological polar surface area (TPSA) is 78.1 Å². The Labute approximate surface area is 267 Å². The number of amides is 1. The lowest BCUT2D eigenvalue weighted by Crippen LogP contribution is -2.33. The van der Waals surface area contributed by atoms with Gasteiger partial charge in [-0.3, -0.25) is 4.79 Å². The largest absolute Gasteiger partial charge is 0.493 e. The molecule has 0 aliphatic heterocycles. The average Bonchev–Trinajstić information content (AvgIpc) is 3.03. The molecule has 1 rings (SSSR count). The Bertz CT molecular complexity index is 811. The maximum atomic E-state index is 10.6. The van der Waals surface area contributed by atoms with Crippen molar-refractivity contribution in [2.24, 2.45) is 0 Å². The molecule has 1 aromatic carbocycles. The molecule has 0 spiro atoms. The molecular formula is C35H69N5O3. The Balaban J connectivity index is -0.000000365. The van der Waals surface area contributed by atoms with E-state index in [0.717, 1.165) is 62.6 Å². The van der Waals surface area contributed by atoms with Crippen LogP contribution in [0.5, 0.6) is 5.75 Å². The van der Waals surface area contributed by atoms with E-state index in [9.17, 15) is 4.79 Å². The highest BCUT2D eigenvalue weighted by molar-refractivity contribution is 5.74. The quantitative estimate of drug-likeness (QED) is 0.0991. The lowest BCUT2D eigenvalue weighted by Gasteiger charge is -2.26. The number of benzene rings is 1. The summed E-state index contributed by atoms with van der Waals surface area (Å²) in [6.07, 6.45) is 8.75. The molecule has 0 aliphatic rings. The summed E-state index contributed by atoms with van der Waals surface area (Å²) >= 11 is 0. The number of allylic oxidation sites excluding steroid dienone is 4. The van der Waals surface area contributed by atoms with Gasteiger partial charge in [-0.1, -0.05) is 58.9 Å². The first-order valence-electron chi connectivity index (χ1n) is 15.7. The first-order valence-corrected chi connectivity index (χ1v) is 15.7. The number of hydrogen-bond donors (Lipinski definition) is 3. The van der Waals surface area contributed by atoms with Gasteiger partial charge in [0.1, 0.15) is 5.75 Å². The molecular weight excluding hydrogens is 538 g/mol. The van der Waals surface area contributed by atoms with Gasteiger partial charge in [-0.15, -0.1) is 6.58 Å². The second-order valence-corrected chi connectivity index (χ2v) is 9.22. The van der Waals surface area contributed by atoms with Crippen LogP contribution in [0.1, 0.15) is 73.8 Å². The minimum atomic E-state index is 0.653. The number of carbonyl (C=O) groups excluding carboxylic acids is 1. The lowest BCUT2D eigenvalue weighted by atomic mass is 10.2. The number of aryl methyl sites for hydroxylation is 1. The zero-order valence-corrected chi connectivity index (χ0v) is 30.2. The number of methoxy groups -OCH3 is 1.